The zero-order valence-electron chi connectivity index (χ0n) is 23.5. The number of pyridine rings is 1. The highest BCUT2D eigenvalue weighted by atomic mass is 19.4. The average Bonchev–Trinajstić information content (AvgIpc) is 3.46. The van der Waals surface area contributed by atoms with Crippen LogP contribution < -0.4 is 20.1 Å². The van der Waals surface area contributed by atoms with Crippen molar-refractivity contribution in [2.45, 2.75) is 13.1 Å². The number of halogens is 3. The molecule has 0 spiro atoms. The molecular formula is C31H23F3N8O3. The van der Waals surface area contributed by atoms with Crippen molar-refractivity contribution in [1.29, 1.82) is 0 Å². The van der Waals surface area contributed by atoms with Crippen molar-refractivity contribution in [3.63, 3.8) is 0 Å². The van der Waals surface area contributed by atoms with E-state index in [1.807, 2.05) is 25.1 Å². The molecule has 0 saturated heterocycles. The molecule has 0 radical (unpaired) electrons. The van der Waals surface area contributed by atoms with Gasteiger partial charge in [-0.3, -0.25) is 4.98 Å². The molecule has 0 atom stereocenters. The first-order valence-electron chi connectivity index (χ1n) is 13.5. The molecule has 6 aromatic rings. The van der Waals surface area contributed by atoms with Crippen LogP contribution in [-0.4, -0.2) is 42.2 Å². The number of fused-ring (bicyclic) bond motifs is 1. The molecule has 4 aromatic heterocycles. The minimum absolute atomic E-state index is 0.0169. The summed E-state index contributed by atoms with van der Waals surface area (Å²) in [7, 11) is 0. The third kappa shape index (κ3) is 6.64. The molecule has 0 aliphatic rings. The lowest BCUT2D eigenvalue weighted by Crippen LogP contribution is -2.20. The van der Waals surface area contributed by atoms with E-state index >= 15 is 0 Å². The third-order valence-electron chi connectivity index (χ3n) is 6.44. The van der Waals surface area contributed by atoms with Crippen molar-refractivity contribution in [1.82, 2.24) is 29.5 Å². The molecule has 0 unspecified atom stereocenters. The van der Waals surface area contributed by atoms with Gasteiger partial charge in [-0.1, -0.05) is 12.1 Å². The molecule has 11 nitrogen and oxygen atoms in total. The summed E-state index contributed by atoms with van der Waals surface area (Å²) >= 11 is 0. The molecular weight excluding hydrogens is 589 g/mol. The Kier molecular flexibility index (Phi) is 7.93. The van der Waals surface area contributed by atoms with Gasteiger partial charge >= 0.3 is 18.2 Å². The van der Waals surface area contributed by atoms with Gasteiger partial charge in [0.25, 0.3) is 0 Å². The Labute approximate surface area is 253 Å². The van der Waals surface area contributed by atoms with Gasteiger partial charge in [-0.25, -0.2) is 24.3 Å². The van der Waals surface area contributed by atoms with Gasteiger partial charge < -0.3 is 20.1 Å². The smallest absolute Gasteiger partial charge is 0.416 e. The number of carbonyl (C=O) groups is 1. The molecule has 45 heavy (non-hydrogen) atoms. The van der Waals surface area contributed by atoms with Gasteiger partial charge in [0.05, 0.1) is 47.8 Å². The summed E-state index contributed by atoms with van der Waals surface area (Å²) in [5.74, 6) is 0.948. The molecule has 2 amide bonds. The Bertz CT molecular complexity index is 1950. The minimum Gasteiger partial charge on any atom is -0.477 e. The van der Waals surface area contributed by atoms with Crippen LogP contribution >= 0.6 is 0 Å². The summed E-state index contributed by atoms with van der Waals surface area (Å²) in [6, 6.07) is 16.4. The zero-order chi connectivity index (χ0) is 31.4. The van der Waals surface area contributed by atoms with E-state index in [-0.39, 0.29) is 17.4 Å². The van der Waals surface area contributed by atoms with Gasteiger partial charge in [-0.2, -0.15) is 13.2 Å². The number of rotatable bonds is 8. The lowest BCUT2D eigenvalue weighted by atomic mass is 10.0. The first-order chi connectivity index (χ1) is 21.8. The van der Waals surface area contributed by atoms with E-state index in [9.17, 15) is 18.0 Å². The van der Waals surface area contributed by atoms with E-state index in [0.717, 1.165) is 23.4 Å². The van der Waals surface area contributed by atoms with Crippen LogP contribution in [0.2, 0.25) is 0 Å². The second-order valence-electron chi connectivity index (χ2n) is 9.48. The number of nitrogens with zero attached hydrogens (tertiary/aromatic N) is 6. The number of nitrogens with one attached hydrogen (secondary N) is 2. The highest BCUT2D eigenvalue weighted by molar-refractivity contribution is 6.02. The summed E-state index contributed by atoms with van der Waals surface area (Å²) < 4.78 is 53.1. The topological polar surface area (TPSA) is 128 Å². The molecule has 0 aliphatic carbocycles. The number of carbonyl (C=O) groups excluding carboxylic acids is 1. The number of amides is 2. The average molecular weight is 613 g/mol. The van der Waals surface area contributed by atoms with Crippen molar-refractivity contribution < 1.29 is 27.4 Å². The monoisotopic (exact) mass is 612 g/mol. The lowest BCUT2D eigenvalue weighted by molar-refractivity contribution is -0.137. The number of ether oxygens (including phenoxy) is 2. The van der Waals surface area contributed by atoms with Crippen molar-refractivity contribution in [2.75, 3.05) is 17.2 Å². The molecule has 226 valence electrons. The van der Waals surface area contributed by atoms with Crippen LogP contribution in [-0.2, 0) is 6.18 Å². The largest absolute Gasteiger partial charge is 0.477 e. The molecule has 0 bridgehead atoms. The lowest BCUT2D eigenvalue weighted by Gasteiger charge is -2.15. The molecule has 0 fully saturated rings. The second kappa shape index (κ2) is 12.3. The maximum atomic E-state index is 13.4. The summed E-state index contributed by atoms with van der Waals surface area (Å²) in [6.45, 7) is 2.38. The quantitative estimate of drug-likeness (QED) is 0.186. The van der Waals surface area contributed by atoms with Crippen LogP contribution in [0.15, 0.2) is 97.7 Å². The number of hydrogen-bond acceptors (Lipinski definition) is 8. The van der Waals surface area contributed by atoms with Crippen LogP contribution in [0.25, 0.3) is 28.0 Å². The Morgan fingerprint density at radius 2 is 1.69 bits per heavy atom. The van der Waals surface area contributed by atoms with Crippen LogP contribution in [0.3, 0.4) is 0 Å². The molecule has 6 rings (SSSR count). The van der Waals surface area contributed by atoms with E-state index in [0.29, 0.717) is 35.0 Å². The summed E-state index contributed by atoms with van der Waals surface area (Å²) in [6.07, 6.45) is 2.76. The van der Waals surface area contributed by atoms with Crippen molar-refractivity contribution in [3.05, 3.63) is 103 Å². The van der Waals surface area contributed by atoms with Gasteiger partial charge in [-0.05, 0) is 55.5 Å². The highest BCUT2D eigenvalue weighted by Crippen LogP contribution is 2.36. The Hall–Kier alpha value is -6.05. The molecule has 2 aromatic carbocycles. The fourth-order valence-electron chi connectivity index (χ4n) is 4.39. The standard InChI is InChI=1S/C31H23F3N8O3/c1-2-44-28-12-11-27-36-18-26(42(27)41-28)19-5-8-23(9-6-19)45-30-37-16-22(17-38-30)39-29(43)40-25-14-21(31(32,33)34)7-10-24(25)20-4-3-13-35-15-20/h3-18H,2H2,1H3,(H2,39,40,43). The number of imidazole rings is 1. The van der Waals surface area contributed by atoms with E-state index in [2.05, 4.69) is 35.7 Å². The summed E-state index contributed by atoms with van der Waals surface area (Å²) in [5, 5.41) is 9.47. The SMILES string of the molecule is CCOc1ccc2ncc(-c3ccc(Oc4ncc(NC(=O)Nc5cc(C(F)(F)F)ccc5-c5cccnc5)cn4)cc3)n2n1. The van der Waals surface area contributed by atoms with Crippen molar-refractivity contribution >= 4 is 23.1 Å². The Balaban J connectivity index is 1.12. The first-order valence-corrected chi connectivity index (χ1v) is 13.5. The maximum Gasteiger partial charge on any atom is 0.416 e. The number of aromatic nitrogens is 6. The van der Waals surface area contributed by atoms with Crippen molar-refractivity contribution in [2.24, 2.45) is 0 Å². The molecule has 0 saturated carbocycles. The fraction of sp³-hybridized carbons (Fsp3) is 0.0968. The molecule has 4 heterocycles. The van der Waals surface area contributed by atoms with Gasteiger partial charge in [-0.15, -0.1) is 5.10 Å². The van der Waals surface area contributed by atoms with Crippen LogP contribution in [0.4, 0.5) is 29.3 Å². The third-order valence-corrected chi connectivity index (χ3v) is 6.44. The van der Waals surface area contributed by atoms with E-state index in [1.165, 1.54) is 30.9 Å². The fourth-order valence-corrected chi connectivity index (χ4v) is 4.39. The normalized spacial score (nSPS) is 11.3. The minimum atomic E-state index is -4.59. The number of hydrogen-bond donors (Lipinski definition) is 2. The number of alkyl halides is 3. The summed E-state index contributed by atoms with van der Waals surface area (Å²) in [4.78, 5) is 29.4. The Morgan fingerprint density at radius 3 is 2.40 bits per heavy atom. The second-order valence-corrected chi connectivity index (χ2v) is 9.48. The highest BCUT2D eigenvalue weighted by Gasteiger charge is 2.31. The zero-order valence-corrected chi connectivity index (χ0v) is 23.5. The maximum absolute atomic E-state index is 13.4. The van der Waals surface area contributed by atoms with Crippen molar-refractivity contribution in [3.8, 4) is 40.0 Å². The van der Waals surface area contributed by atoms with Crippen LogP contribution in [0.1, 0.15) is 12.5 Å². The molecule has 14 heteroatoms. The Morgan fingerprint density at radius 1 is 0.889 bits per heavy atom. The predicted octanol–water partition coefficient (Wildman–Crippen LogP) is 7.10. The van der Waals surface area contributed by atoms with Gasteiger partial charge in [0.1, 0.15) is 5.75 Å². The summed E-state index contributed by atoms with van der Waals surface area (Å²) in [5.41, 5.74) is 2.42. The van der Waals surface area contributed by atoms with E-state index in [4.69, 9.17) is 9.47 Å². The van der Waals surface area contributed by atoms with Gasteiger partial charge in [0.15, 0.2) is 5.65 Å². The molecule has 0 aliphatic heterocycles. The number of anilines is 2. The van der Waals surface area contributed by atoms with Gasteiger partial charge in [0, 0.05) is 35.2 Å². The first kappa shape index (κ1) is 29.0. The predicted molar refractivity (Wildman–Crippen MR) is 159 cm³/mol. The number of urea groups is 1. The molecule has 2 N–H and O–H groups in total. The van der Waals surface area contributed by atoms with Gasteiger partial charge in [0.2, 0.25) is 5.88 Å². The van der Waals surface area contributed by atoms with E-state index in [1.54, 1.807) is 41.0 Å². The number of benzene rings is 2. The van der Waals surface area contributed by atoms with E-state index < -0.39 is 17.8 Å². The van der Waals surface area contributed by atoms with Crippen LogP contribution in [0, 0.1) is 0 Å². The van der Waals surface area contributed by atoms with Crippen LogP contribution in [0.5, 0.6) is 17.6 Å².